The number of hydrogen-bond acceptors (Lipinski definition) is 9. The maximum atomic E-state index is 14.1. The van der Waals surface area contributed by atoms with Crippen LogP contribution in [0.5, 0.6) is 11.5 Å². The summed E-state index contributed by atoms with van der Waals surface area (Å²) >= 11 is 0. The lowest BCUT2D eigenvalue weighted by molar-refractivity contribution is -0.330. The zero-order chi connectivity index (χ0) is 31.9. The largest absolute Gasteiger partial charge is 0.497 e. The van der Waals surface area contributed by atoms with Crippen LogP contribution in [-0.2, 0) is 52.5 Å². The van der Waals surface area contributed by atoms with Gasteiger partial charge < -0.3 is 33.2 Å². The fraction of sp³-hybridized carbons (Fsp3) is 0.333. The van der Waals surface area contributed by atoms with Crippen LogP contribution in [0, 0.1) is 0 Å². The SMILES string of the molecule is COc1ccc(CO[C@@H]2[C@@H](OCc3ccc(OC)cc3)[C@H](S(=O)(=O)Cc3ccccc3)O[C@@H]3CO[C@@H](c4ccccc4)O[C@@H]23)cc1. The van der Waals surface area contributed by atoms with Crippen molar-refractivity contribution in [1.29, 1.82) is 0 Å². The third kappa shape index (κ3) is 7.60. The van der Waals surface area contributed by atoms with E-state index in [4.69, 9.17) is 33.2 Å². The van der Waals surface area contributed by atoms with Crippen LogP contribution in [-0.4, -0.2) is 59.1 Å². The number of rotatable bonds is 12. The van der Waals surface area contributed by atoms with Gasteiger partial charge in [-0.15, -0.1) is 0 Å². The highest BCUT2D eigenvalue weighted by atomic mass is 32.2. The minimum absolute atomic E-state index is 0.119. The summed E-state index contributed by atoms with van der Waals surface area (Å²) in [5.74, 6) is 1.21. The molecule has 2 heterocycles. The fourth-order valence-corrected chi connectivity index (χ4v) is 7.47. The molecule has 242 valence electrons. The predicted octanol–water partition coefficient (Wildman–Crippen LogP) is 5.63. The number of fused-ring (bicyclic) bond motifs is 1. The molecule has 9 nitrogen and oxygen atoms in total. The van der Waals surface area contributed by atoms with E-state index in [2.05, 4.69) is 0 Å². The zero-order valence-corrected chi connectivity index (χ0v) is 26.6. The molecule has 0 amide bonds. The molecule has 4 aromatic rings. The number of ether oxygens (including phenoxy) is 7. The van der Waals surface area contributed by atoms with Crippen LogP contribution in [0.1, 0.15) is 28.5 Å². The molecule has 2 aliphatic rings. The molecule has 10 heteroatoms. The molecule has 6 rings (SSSR count). The molecule has 0 aromatic heterocycles. The Kier molecular flexibility index (Phi) is 10.3. The maximum absolute atomic E-state index is 14.1. The van der Waals surface area contributed by atoms with Gasteiger partial charge in [0, 0.05) is 5.56 Å². The molecule has 0 N–H and O–H groups in total. The minimum atomic E-state index is -3.92. The van der Waals surface area contributed by atoms with Crippen LogP contribution in [0.15, 0.2) is 109 Å². The lowest BCUT2D eigenvalue weighted by Crippen LogP contribution is -2.64. The van der Waals surface area contributed by atoms with E-state index in [0.717, 1.165) is 22.4 Å². The van der Waals surface area contributed by atoms with Crippen molar-refractivity contribution in [2.24, 2.45) is 0 Å². The minimum Gasteiger partial charge on any atom is -0.497 e. The quantitative estimate of drug-likeness (QED) is 0.194. The molecule has 0 spiro atoms. The van der Waals surface area contributed by atoms with Crippen LogP contribution < -0.4 is 9.47 Å². The lowest BCUT2D eigenvalue weighted by atomic mass is 9.98. The van der Waals surface area contributed by atoms with Crippen molar-refractivity contribution < 1.29 is 41.6 Å². The second kappa shape index (κ2) is 14.8. The monoisotopic (exact) mass is 646 g/mol. The van der Waals surface area contributed by atoms with Gasteiger partial charge in [-0.25, -0.2) is 8.42 Å². The summed E-state index contributed by atoms with van der Waals surface area (Å²) < 4.78 is 71.0. The summed E-state index contributed by atoms with van der Waals surface area (Å²) in [5.41, 5.74) is 1.87. The lowest BCUT2D eigenvalue weighted by Gasteiger charge is -2.49. The molecule has 0 radical (unpaired) electrons. The highest BCUT2D eigenvalue weighted by molar-refractivity contribution is 7.91. The van der Waals surface area contributed by atoms with Gasteiger partial charge in [0.25, 0.3) is 0 Å². The van der Waals surface area contributed by atoms with E-state index in [-0.39, 0.29) is 25.6 Å². The second-order valence-electron chi connectivity index (χ2n) is 11.3. The standard InChI is InChI=1S/C36H38O9S/c1-39-29-17-13-25(14-18-29)21-41-33-32-31(23-43-35(45-32)28-11-7-4-8-12-28)44-36(46(37,38)24-27-9-5-3-6-10-27)34(33)42-22-26-15-19-30(40-2)20-16-26/h3-20,31-36H,21-24H2,1-2H3/t31-,32-,33+,34-,35-,36+/m1/s1. The first-order chi connectivity index (χ1) is 22.4. The van der Waals surface area contributed by atoms with Gasteiger partial charge in [-0.05, 0) is 41.0 Å². The first kappa shape index (κ1) is 32.2. The highest BCUT2D eigenvalue weighted by Gasteiger charge is 2.55. The first-order valence-corrected chi connectivity index (χ1v) is 16.9. The molecule has 0 unspecified atom stereocenters. The molecule has 0 saturated carbocycles. The van der Waals surface area contributed by atoms with E-state index in [9.17, 15) is 8.42 Å². The summed E-state index contributed by atoms with van der Waals surface area (Å²) in [6.07, 6.45) is -3.91. The van der Waals surface area contributed by atoms with Crippen molar-refractivity contribution in [3.8, 4) is 11.5 Å². The van der Waals surface area contributed by atoms with Crippen LogP contribution in [0.4, 0.5) is 0 Å². The smallest absolute Gasteiger partial charge is 0.188 e. The molecule has 4 aromatic carbocycles. The number of benzene rings is 4. The van der Waals surface area contributed by atoms with Gasteiger partial charge in [-0.3, -0.25) is 0 Å². The van der Waals surface area contributed by atoms with Gasteiger partial charge in [0.1, 0.15) is 35.9 Å². The Morgan fingerprint density at radius 1 is 0.652 bits per heavy atom. The number of sulfone groups is 1. The summed E-state index contributed by atoms with van der Waals surface area (Å²) in [6, 6.07) is 33.6. The van der Waals surface area contributed by atoms with E-state index in [1.54, 1.807) is 26.4 Å². The van der Waals surface area contributed by atoms with Crippen molar-refractivity contribution in [3.63, 3.8) is 0 Å². The normalized spacial score (nSPS) is 24.6. The molecular weight excluding hydrogens is 608 g/mol. The van der Waals surface area contributed by atoms with Crippen LogP contribution >= 0.6 is 0 Å². The Morgan fingerprint density at radius 2 is 1.20 bits per heavy atom. The van der Waals surface area contributed by atoms with E-state index in [1.165, 1.54) is 0 Å². The van der Waals surface area contributed by atoms with E-state index < -0.39 is 46.0 Å². The molecule has 46 heavy (non-hydrogen) atoms. The molecule has 2 aliphatic heterocycles. The van der Waals surface area contributed by atoms with Crippen molar-refractivity contribution >= 4 is 9.84 Å². The summed E-state index contributed by atoms with van der Waals surface area (Å²) in [4.78, 5) is 0. The van der Waals surface area contributed by atoms with Crippen molar-refractivity contribution in [1.82, 2.24) is 0 Å². The van der Waals surface area contributed by atoms with Gasteiger partial charge in [-0.2, -0.15) is 0 Å². The van der Waals surface area contributed by atoms with Crippen LogP contribution in [0.2, 0.25) is 0 Å². The molecule has 2 fully saturated rings. The van der Waals surface area contributed by atoms with Crippen molar-refractivity contribution in [3.05, 3.63) is 131 Å². The summed E-state index contributed by atoms with van der Waals surface area (Å²) in [7, 11) is -0.703. The second-order valence-corrected chi connectivity index (χ2v) is 13.3. The van der Waals surface area contributed by atoms with Gasteiger partial charge in [0.15, 0.2) is 21.6 Å². The molecular formula is C36H38O9S. The van der Waals surface area contributed by atoms with E-state index in [1.807, 2.05) is 97.1 Å². The van der Waals surface area contributed by atoms with Crippen molar-refractivity contribution in [2.75, 3.05) is 20.8 Å². The number of methoxy groups -OCH3 is 2. The van der Waals surface area contributed by atoms with E-state index >= 15 is 0 Å². The molecule has 0 bridgehead atoms. The Hall–Kier alpha value is -3.77. The molecule has 6 atom stereocenters. The van der Waals surface area contributed by atoms with E-state index in [0.29, 0.717) is 11.3 Å². The van der Waals surface area contributed by atoms with Gasteiger partial charge in [-0.1, -0.05) is 84.9 Å². The number of hydrogen-bond donors (Lipinski definition) is 0. The summed E-state index contributed by atoms with van der Waals surface area (Å²) in [5, 5.41) is 0. The average molecular weight is 647 g/mol. The van der Waals surface area contributed by atoms with Crippen LogP contribution in [0.3, 0.4) is 0 Å². The predicted molar refractivity (Wildman–Crippen MR) is 171 cm³/mol. The summed E-state index contributed by atoms with van der Waals surface area (Å²) in [6.45, 7) is 0.426. The third-order valence-electron chi connectivity index (χ3n) is 8.12. The zero-order valence-electron chi connectivity index (χ0n) is 25.8. The Labute approximate surface area is 269 Å². The highest BCUT2D eigenvalue weighted by Crippen LogP contribution is 2.39. The molecule has 2 saturated heterocycles. The van der Waals surface area contributed by atoms with Gasteiger partial charge in [0.2, 0.25) is 0 Å². The third-order valence-corrected chi connectivity index (χ3v) is 9.95. The Morgan fingerprint density at radius 3 is 1.76 bits per heavy atom. The van der Waals surface area contributed by atoms with Crippen molar-refractivity contribution in [2.45, 2.75) is 55.1 Å². The Balaban J connectivity index is 1.34. The first-order valence-electron chi connectivity index (χ1n) is 15.2. The van der Waals surface area contributed by atoms with Gasteiger partial charge in [0.05, 0.1) is 39.8 Å². The topological polar surface area (TPSA) is 98.8 Å². The molecule has 0 aliphatic carbocycles. The Bertz CT molecular complexity index is 1630. The van der Waals surface area contributed by atoms with Crippen LogP contribution in [0.25, 0.3) is 0 Å². The van der Waals surface area contributed by atoms with Gasteiger partial charge >= 0.3 is 0 Å². The average Bonchev–Trinajstić information content (AvgIpc) is 3.10. The fourth-order valence-electron chi connectivity index (χ4n) is 5.70. The maximum Gasteiger partial charge on any atom is 0.188 e.